The van der Waals surface area contributed by atoms with Gasteiger partial charge in [0.15, 0.2) is 6.23 Å². The van der Waals surface area contributed by atoms with Crippen LogP contribution in [-0.2, 0) is 0 Å². The first-order chi connectivity index (χ1) is 10.9. The standard InChI is InChI=1S/C19H21N2O/c1-2-19(22-18-11-7-4-8-12-18)21-15-13-20(14-16-21)17-9-5-3-6-10-17/h2-3,5-12,19H,1,13-16H2. The Morgan fingerprint density at radius 3 is 2.32 bits per heavy atom. The summed E-state index contributed by atoms with van der Waals surface area (Å²) < 4.78 is 6.01. The number of para-hydroxylation sites is 1. The molecule has 3 rings (SSSR count). The van der Waals surface area contributed by atoms with Crippen molar-refractivity contribution in [2.75, 3.05) is 31.1 Å². The highest BCUT2D eigenvalue weighted by molar-refractivity contribution is 5.46. The van der Waals surface area contributed by atoms with Crippen molar-refractivity contribution < 1.29 is 4.74 Å². The van der Waals surface area contributed by atoms with E-state index >= 15 is 0 Å². The van der Waals surface area contributed by atoms with Gasteiger partial charge in [0.05, 0.1) is 0 Å². The molecule has 0 aromatic heterocycles. The molecule has 0 N–H and O–H groups in total. The van der Waals surface area contributed by atoms with Gasteiger partial charge in [-0.2, -0.15) is 0 Å². The Morgan fingerprint density at radius 2 is 1.68 bits per heavy atom. The van der Waals surface area contributed by atoms with E-state index in [1.54, 1.807) is 0 Å². The summed E-state index contributed by atoms with van der Waals surface area (Å²) in [5.74, 6) is 0.856. The van der Waals surface area contributed by atoms with E-state index in [2.05, 4.69) is 52.8 Å². The number of anilines is 1. The molecule has 0 amide bonds. The molecule has 1 unspecified atom stereocenters. The van der Waals surface area contributed by atoms with Crippen LogP contribution in [0.5, 0.6) is 5.75 Å². The van der Waals surface area contributed by atoms with Gasteiger partial charge in [-0.15, -0.1) is 0 Å². The molecule has 0 saturated carbocycles. The van der Waals surface area contributed by atoms with Gasteiger partial charge in [-0.25, -0.2) is 0 Å². The molecular formula is C19H21N2O. The van der Waals surface area contributed by atoms with Crippen molar-refractivity contribution in [1.29, 1.82) is 0 Å². The van der Waals surface area contributed by atoms with Crippen LogP contribution >= 0.6 is 0 Å². The van der Waals surface area contributed by atoms with Crippen molar-refractivity contribution in [2.24, 2.45) is 0 Å². The lowest BCUT2D eigenvalue weighted by molar-refractivity contribution is 0.0580. The molecule has 22 heavy (non-hydrogen) atoms. The summed E-state index contributed by atoms with van der Waals surface area (Å²) in [4.78, 5) is 4.73. The molecule has 1 atom stereocenters. The summed E-state index contributed by atoms with van der Waals surface area (Å²) in [6.07, 6.45) is 1.79. The van der Waals surface area contributed by atoms with E-state index in [-0.39, 0.29) is 6.23 Å². The van der Waals surface area contributed by atoms with Gasteiger partial charge in [-0.05, 0) is 36.4 Å². The summed E-state index contributed by atoms with van der Waals surface area (Å²) in [6, 6.07) is 21.1. The third kappa shape index (κ3) is 3.49. The van der Waals surface area contributed by atoms with Crippen LogP contribution in [0, 0.1) is 6.07 Å². The normalized spacial score (nSPS) is 17.0. The predicted molar refractivity (Wildman–Crippen MR) is 90.1 cm³/mol. The number of nitrogens with zero attached hydrogens (tertiary/aromatic N) is 2. The van der Waals surface area contributed by atoms with E-state index in [0.29, 0.717) is 0 Å². The molecule has 0 spiro atoms. The maximum absolute atomic E-state index is 6.01. The van der Waals surface area contributed by atoms with Crippen LogP contribution in [0.4, 0.5) is 5.69 Å². The van der Waals surface area contributed by atoms with Gasteiger partial charge < -0.3 is 9.64 Å². The van der Waals surface area contributed by atoms with Crippen LogP contribution in [0.2, 0.25) is 0 Å². The predicted octanol–water partition coefficient (Wildman–Crippen LogP) is 3.20. The Balaban J connectivity index is 1.59. The molecule has 3 heteroatoms. The molecule has 1 saturated heterocycles. The highest BCUT2D eigenvalue weighted by Crippen LogP contribution is 2.19. The van der Waals surface area contributed by atoms with Crippen molar-refractivity contribution in [3.8, 4) is 5.75 Å². The molecular weight excluding hydrogens is 272 g/mol. The van der Waals surface area contributed by atoms with E-state index < -0.39 is 0 Å². The van der Waals surface area contributed by atoms with Crippen LogP contribution in [0.3, 0.4) is 0 Å². The van der Waals surface area contributed by atoms with E-state index in [1.807, 2.05) is 30.3 Å². The van der Waals surface area contributed by atoms with Gasteiger partial charge in [-0.3, -0.25) is 4.90 Å². The summed E-state index contributed by atoms with van der Waals surface area (Å²) in [5, 5.41) is 0. The van der Waals surface area contributed by atoms with E-state index in [9.17, 15) is 0 Å². The molecule has 1 aliphatic heterocycles. The van der Waals surface area contributed by atoms with Gasteiger partial charge >= 0.3 is 0 Å². The molecule has 0 aliphatic carbocycles. The second-order valence-corrected chi connectivity index (χ2v) is 5.34. The van der Waals surface area contributed by atoms with Gasteiger partial charge in [0.1, 0.15) is 5.75 Å². The maximum Gasteiger partial charge on any atom is 0.171 e. The molecule has 2 aromatic carbocycles. The minimum atomic E-state index is -0.0830. The SMILES string of the molecule is C=CC(Oc1cc[c]cc1)N1CCN(c2ccccc2)CC1. The largest absolute Gasteiger partial charge is 0.472 e. The van der Waals surface area contributed by atoms with Gasteiger partial charge in [0.2, 0.25) is 0 Å². The van der Waals surface area contributed by atoms with Crippen molar-refractivity contribution in [2.45, 2.75) is 6.23 Å². The summed E-state index contributed by atoms with van der Waals surface area (Å²) in [7, 11) is 0. The first kappa shape index (κ1) is 14.7. The Labute approximate surface area is 132 Å². The third-order valence-corrected chi connectivity index (χ3v) is 3.94. The topological polar surface area (TPSA) is 15.7 Å². The molecule has 1 heterocycles. The lowest BCUT2D eigenvalue weighted by Gasteiger charge is -2.39. The van der Waals surface area contributed by atoms with Crippen molar-refractivity contribution in [1.82, 2.24) is 4.90 Å². The first-order valence-electron chi connectivity index (χ1n) is 7.66. The maximum atomic E-state index is 6.01. The van der Waals surface area contributed by atoms with Gasteiger partial charge in [-0.1, -0.05) is 36.9 Å². The molecule has 3 nitrogen and oxygen atoms in total. The van der Waals surface area contributed by atoms with E-state index in [1.165, 1.54) is 5.69 Å². The highest BCUT2D eigenvalue weighted by atomic mass is 16.5. The summed E-state index contributed by atoms with van der Waals surface area (Å²) in [5.41, 5.74) is 1.29. The number of piperazine rings is 1. The minimum absolute atomic E-state index is 0.0830. The van der Waals surface area contributed by atoms with E-state index in [0.717, 1.165) is 31.9 Å². The summed E-state index contributed by atoms with van der Waals surface area (Å²) in [6.45, 7) is 7.85. The van der Waals surface area contributed by atoms with Gasteiger partial charge in [0, 0.05) is 31.9 Å². The quantitative estimate of drug-likeness (QED) is 0.787. The molecule has 1 aliphatic rings. The number of benzene rings is 2. The monoisotopic (exact) mass is 293 g/mol. The second kappa shape index (κ2) is 7.14. The molecule has 2 aromatic rings. The molecule has 0 bridgehead atoms. The van der Waals surface area contributed by atoms with Crippen molar-refractivity contribution in [3.63, 3.8) is 0 Å². The minimum Gasteiger partial charge on any atom is -0.472 e. The van der Waals surface area contributed by atoms with Crippen molar-refractivity contribution in [3.05, 3.63) is 73.3 Å². The zero-order valence-electron chi connectivity index (χ0n) is 12.7. The Bertz CT molecular complexity index is 577. The Kier molecular flexibility index (Phi) is 4.76. The lowest BCUT2D eigenvalue weighted by Crippen LogP contribution is -2.51. The van der Waals surface area contributed by atoms with Gasteiger partial charge in [0.25, 0.3) is 0 Å². The third-order valence-electron chi connectivity index (χ3n) is 3.94. The average Bonchev–Trinajstić information content (AvgIpc) is 2.61. The highest BCUT2D eigenvalue weighted by Gasteiger charge is 2.23. The number of hydrogen-bond acceptors (Lipinski definition) is 3. The second-order valence-electron chi connectivity index (χ2n) is 5.34. The fraction of sp³-hybridized carbons (Fsp3) is 0.263. The van der Waals surface area contributed by atoms with Crippen LogP contribution in [0.1, 0.15) is 0 Å². The van der Waals surface area contributed by atoms with E-state index in [4.69, 9.17) is 4.74 Å². The lowest BCUT2D eigenvalue weighted by atomic mass is 10.2. The fourth-order valence-corrected chi connectivity index (χ4v) is 2.73. The first-order valence-corrected chi connectivity index (χ1v) is 7.66. The van der Waals surface area contributed by atoms with Crippen molar-refractivity contribution >= 4 is 5.69 Å². The smallest absolute Gasteiger partial charge is 0.171 e. The zero-order valence-corrected chi connectivity index (χ0v) is 12.7. The number of ether oxygens (including phenoxy) is 1. The number of hydrogen-bond donors (Lipinski definition) is 0. The van der Waals surface area contributed by atoms with Crippen LogP contribution < -0.4 is 9.64 Å². The molecule has 1 radical (unpaired) electrons. The number of rotatable bonds is 5. The molecule has 1 fully saturated rings. The fourth-order valence-electron chi connectivity index (χ4n) is 2.73. The summed E-state index contributed by atoms with van der Waals surface area (Å²) >= 11 is 0. The Hall–Kier alpha value is -2.26. The Morgan fingerprint density at radius 1 is 1.00 bits per heavy atom. The zero-order chi connectivity index (χ0) is 15.2. The van der Waals surface area contributed by atoms with Crippen LogP contribution in [-0.4, -0.2) is 37.3 Å². The van der Waals surface area contributed by atoms with Crippen LogP contribution in [0.15, 0.2) is 67.3 Å². The average molecular weight is 293 g/mol. The molecule has 113 valence electrons. The van der Waals surface area contributed by atoms with Crippen LogP contribution in [0.25, 0.3) is 0 Å².